The van der Waals surface area contributed by atoms with Gasteiger partial charge in [-0.15, -0.1) is 0 Å². The number of carboxylic acids is 1. The van der Waals surface area contributed by atoms with E-state index in [1.165, 1.54) is 11.0 Å². The van der Waals surface area contributed by atoms with Crippen LogP contribution in [-0.2, 0) is 30.6 Å². The van der Waals surface area contributed by atoms with E-state index in [-0.39, 0.29) is 53.9 Å². The molecule has 1 aromatic rings. The Morgan fingerprint density at radius 1 is 1.08 bits per heavy atom. The van der Waals surface area contributed by atoms with Crippen LogP contribution in [0, 0.1) is 17.8 Å². The molecule has 1 aromatic heterocycles. The van der Waals surface area contributed by atoms with Crippen molar-refractivity contribution in [3.63, 3.8) is 0 Å². The van der Waals surface area contributed by atoms with E-state index >= 15 is 0 Å². The molecule has 0 saturated carbocycles. The Bertz CT molecular complexity index is 1300. The molecular formula is C27H26BrNO8. The largest absolute Gasteiger partial charge is 0.481 e. The van der Waals surface area contributed by atoms with Crippen LogP contribution in [0.4, 0.5) is 0 Å². The number of nitrogens with zero attached hydrogens (tertiary/aromatic N) is 1. The number of ketones is 2. The topological polar surface area (TPSA) is 142 Å². The van der Waals surface area contributed by atoms with Crippen LogP contribution in [0.2, 0.25) is 0 Å². The first-order valence-electron chi connectivity index (χ1n) is 12.4. The zero-order chi connectivity index (χ0) is 26.4. The second kappa shape index (κ2) is 9.98. The number of likely N-dealkylation sites (tertiary alicyclic amines) is 1. The van der Waals surface area contributed by atoms with E-state index in [2.05, 4.69) is 15.9 Å². The number of hydrogen-bond donors (Lipinski definition) is 2. The van der Waals surface area contributed by atoms with Gasteiger partial charge in [-0.2, -0.15) is 0 Å². The molecule has 1 fully saturated rings. The number of unbranched alkanes of at least 4 members (excludes halogenated alkanes) is 2. The molecular weight excluding hydrogens is 546 g/mol. The number of allylic oxidation sites excluding steroid dienone is 6. The van der Waals surface area contributed by atoms with Crippen molar-refractivity contribution in [3.8, 4) is 0 Å². The fourth-order valence-electron chi connectivity index (χ4n) is 6.18. The number of aliphatic hydroxyl groups is 1. The van der Waals surface area contributed by atoms with Crippen molar-refractivity contribution in [2.75, 3.05) is 6.54 Å². The number of rotatable bonds is 8. The van der Waals surface area contributed by atoms with Crippen LogP contribution in [0.5, 0.6) is 0 Å². The predicted molar refractivity (Wildman–Crippen MR) is 132 cm³/mol. The first-order chi connectivity index (χ1) is 17.7. The molecule has 1 aliphatic heterocycles. The molecule has 0 bridgehead atoms. The summed E-state index contributed by atoms with van der Waals surface area (Å²) in [5.74, 6) is -3.63. The number of furan rings is 1. The quantitative estimate of drug-likeness (QED) is 0.209. The lowest BCUT2D eigenvalue weighted by molar-refractivity contribution is -0.141. The minimum absolute atomic E-state index is 0.0445. The lowest BCUT2D eigenvalue weighted by atomic mass is 9.60. The first kappa shape index (κ1) is 25.5. The predicted octanol–water partition coefficient (Wildman–Crippen LogP) is 3.18. The Morgan fingerprint density at radius 3 is 2.57 bits per heavy atom. The number of amides is 2. The summed E-state index contributed by atoms with van der Waals surface area (Å²) in [5.41, 5.74) is 1.43. The molecule has 3 aliphatic carbocycles. The van der Waals surface area contributed by atoms with Crippen molar-refractivity contribution >= 4 is 45.3 Å². The van der Waals surface area contributed by atoms with E-state index < -0.39 is 29.6 Å². The normalized spacial score (nSPS) is 27.1. The fourth-order valence-corrected chi connectivity index (χ4v) is 6.62. The summed E-state index contributed by atoms with van der Waals surface area (Å²) in [5, 5.41) is 18.3. The van der Waals surface area contributed by atoms with Gasteiger partial charge in [0.1, 0.15) is 18.1 Å². The van der Waals surface area contributed by atoms with Gasteiger partial charge in [-0.05, 0) is 59.7 Å². The van der Waals surface area contributed by atoms with Crippen LogP contribution in [0.15, 0.2) is 49.9 Å². The Balaban J connectivity index is 1.47. The molecule has 2 amide bonds. The third-order valence-corrected chi connectivity index (χ3v) is 8.41. The number of halogens is 1. The molecule has 9 nitrogen and oxygen atoms in total. The number of aliphatic carboxylic acids is 1. The van der Waals surface area contributed by atoms with Crippen LogP contribution < -0.4 is 0 Å². The second-order valence-corrected chi connectivity index (χ2v) is 10.7. The SMILES string of the molecule is O=C(O)CCCCCN1C(=O)C2CC=C3C(c4ccc(CO)o4)C4=C(CC3C2C1=O)C(=O)C(Br)=CC4=O. The number of carboxylic acid groups (broad SMARTS) is 1. The smallest absolute Gasteiger partial charge is 0.303 e. The van der Waals surface area contributed by atoms with Gasteiger partial charge in [-0.3, -0.25) is 28.9 Å². The number of carbonyl (C=O) groups is 5. The van der Waals surface area contributed by atoms with Gasteiger partial charge >= 0.3 is 5.97 Å². The average Bonchev–Trinajstić information content (AvgIpc) is 3.44. The van der Waals surface area contributed by atoms with Gasteiger partial charge in [0.05, 0.1) is 22.2 Å². The Kier molecular flexibility index (Phi) is 6.89. The molecule has 4 atom stereocenters. The number of aliphatic hydroxyl groups excluding tert-OH is 1. The van der Waals surface area contributed by atoms with Gasteiger partial charge in [-0.25, -0.2) is 0 Å². The maximum Gasteiger partial charge on any atom is 0.303 e. The third kappa shape index (κ3) is 4.35. The van der Waals surface area contributed by atoms with Crippen LogP contribution >= 0.6 is 15.9 Å². The summed E-state index contributed by atoms with van der Waals surface area (Å²) in [6.45, 7) is -0.0913. The molecule has 37 heavy (non-hydrogen) atoms. The van der Waals surface area contributed by atoms with Crippen molar-refractivity contribution in [1.82, 2.24) is 4.90 Å². The molecule has 0 radical (unpaired) electrons. The summed E-state index contributed by atoms with van der Waals surface area (Å²) in [7, 11) is 0. The number of imide groups is 1. The van der Waals surface area contributed by atoms with Crippen LogP contribution in [0.3, 0.4) is 0 Å². The summed E-state index contributed by atoms with van der Waals surface area (Å²) in [6.07, 6.45) is 5.31. The fraction of sp³-hybridized carbons (Fsp3) is 0.444. The van der Waals surface area contributed by atoms with Crippen LogP contribution in [0.1, 0.15) is 56.0 Å². The maximum absolute atomic E-state index is 13.6. The minimum Gasteiger partial charge on any atom is -0.481 e. The lowest BCUT2D eigenvalue weighted by Crippen LogP contribution is -2.39. The zero-order valence-electron chi connectivity index (χ0n) is 19.9. The third-order valence-electron chi connectivity index (χ3n) is 7.82. The Hall–Kier alpha value is -3.11. The Labute approximate surface area is 221 Å². The molecule has 2 heterocycles. The summed E-state index contributed by atoms with van der Waals surface area (Å²) >= 11 is 3.19. The van der Waals surface area contributed by atoms with Gasteiger partial charge < -0.3 is 14.6 Å². The number of carbonyl (C=O) groups excluding carboxylic acids is 4. The van der Waals surface area contributed by atoms with Gasteiger partial charge in [-0.1, -0.05) is 18.1 Å². The van der Waals surface area contributed by atoms with Gasteiger partial charge in [0.25, 0.3) is 0 Å². The highest BCUT2D eigenvalue weighted by Crippen LogP contribution is 2.55. The van der Waals surface area contributed by atoms with Crippen molar-refractivity contribution in [1.29, 1.82) is 0 Å². The van der Waals surface area contributed by atoms with Crippen molar-refractivity contribution in [3.05, 3.63) is 57.0 Å². The monoisotopic (exact) mass is 571 g/mol. The standard InChI is InChI=1S/C27H26BrNO8/c28-18-11-19(31)23-17(25(18)34)10-16-14(24(23)20-8-5-13(12-30)37-20)6-7-15-22(16)27(36)29(26(15)35)9-3-1-2-4-21(32)33/h5-6,8,11,15-16,22,24,30H,1-4,7,9-10,12H2,(H,32,33). The molecule has 4 aliphatic rings. The Morgan fingerprint density at radius 2 is 1.86 bits per heavy atom. The lowest BCUT2D eigenvalue weighted by Gasteiger charge is -2.41. The highest BCUT2D eigenvalue weighted by Gasteiger charge is 2.56. The van der Waals surface area contributed by atoms with Crippen LogP contribution in [-0.4, -0.2) is 51.0 Å². The second-order valence-electron chi connectivity index (χ2n) is 9.89. The van der Waals surface area contributed by atoms with Crippen molar-refractivity contribution in [2.45, 2.75) is 51.0 Å². The van der Waals surface area contributed by atoms with E-state index in [9.17, 15) is 29.1 Å². The van der Waals surface area contributed by atoms with E-state index in [4.69, 9.17) is 9.52 Å². The molecule has 10 heteroatoms. The average molecular weight is 572 g/mol. The summed E-state index contributed by atoms with van der Waals surface area (Å²) in [6, 6.07) is 3.29. The number of hydrogen-bond acceptors (Lipinski definition) is 7. The molecule has 0 aromatic carbocycles. The molecule has 1 saturated heterocycles. The molecule has 4 unspecified atom stereocenters. The number of fused-ring (bicyclic) bond motifs is 3. The van der Waals surface area contributed by atoms with Crippen molar-refractivity contribution in [2.24, 2.45) is 17.8 Å². The number of Topliss-reactive ketones (excluding diaryl/α,β-unsaturated/α-hetero) is 1. The maximum atomic E-state index is 13.6. The zero-order valence-corrected chi connectivity index (χ0v) is 21.5. The molecule has 0 spiro atoms. The molecule has 194 valence electrons. The molecule has 5 rings (SSSR count). The van der Waals surface area contributed by atoms with E-state index in [0.717, 1.165) is 5.57 Å². The minimum atomic E-state index is -0.877. The molecule has 2 N–H and O–H groups in total. The highest BCUT2D eigenvalue weighted by molar-refractivity contribution is 9.12. The summed E-state index contributed by atoms with van der Waals surface area (Å²) < 4.78 is 5.98. The van der Waals surface area contributed by atoms with Gasteiger partial charge in [0, 0.05) is 30.2 Å². The van der Waals surface area contributed by atoms with E-state index in [0.29, 0.717) is 48.3 Å². The van der Waals surface area contributed by atoms with Crippen LogP contribution in [0.25, 0.3) is 0 Å². The summed E-state index contributed by atoms with van der Waals surface area (Å²) in [4.78, 5) is 65.1. The van der Waals surface area contributed by atoms with Crippen molar-refractivity contribution < 1.29 is 38.6 Å². The van der Waals surface area contributed by atoms with Gasteiger partial charge in [0.2, 0.25) is 11.8 Å². The van der Waals surface area contributed by atoms with E-state index in [1.807, 2.05) is 6.08 Å². The van der Waals surface area contributed by atoms with Gasteiger partial charge in [0.15, 0.2) is 11.6 Å². The highest BCUT2D eigenvalue weighted by atomic mass is 79.9. The first-order valence-corrected chi connectivity index (χ1v) is 13.2. The van der Waals surface area contributed by atoms with E-state index in [1.54, 1.807) is 12.1 Å².